The first-order valence-corrected chi connectivity index (χ1v) is 10.6. The van der Waals surface area contributed by atoms with Crippen LogP contribution in [0.4, 0.5) is 8.78 Å². The van der Waals surface area contributed by atoms with Crippen molar-refractivity contribution in [3.05, 3.63) is 63.7 Å². The molecule has 0 aromatic heterocycles. The third kappa shape index (κ3) is 4.35. The van der Waals surface area contributed by atoms with Gasteiger partial charge in [-0.3, -0.25) is 24.5 Å². The molecule has 0 saturated carbocycles. The van der Waals surface area contributed by atoms with Crippen LogP contribution in [0.15, 0.2) is 36.4 Å². The quantitative estimate of drug-likeness (QED) is 0.495. The lowest BCUT2D eigenvalue weighted by molar-refractivity contribution is -0.147. The molecular weight excluding hydrogens is 455 g/mol. The van der Waals surface area contributed by atoms with Gasteiger partial charge in [-0.1, -0.05) is 35.3 Å². The topological polar surface area (TPSA) is 95.6 Å². The number of amides is 4. The van der Waals surface area contributed by atoms with E-state index in [-0.39, 0.29) is 43.2 Å². The predicted octanol–water partition coefficient (Wildman–Crippen LogP) is 0.768. The van der Waals surface area contributed by atoms with E-state index >= 15 is 0 Å². The molecule has 2 N–H and O–H groups in total. The average molecular weight is 474 g/mol. The molecule has 0 bridgehead atoms. The van der Waals surface area contributed by atoms with Crippen LogP contribution in [0.1, 0.15) is 39.9 Å². The van der Waals surface area contributed by atoms with Gasteiger partial charge in [0.1, 0.15) is 13.9 Å². The molecule has 1 atom stereocenters. The Morgan fingerprint density at radius 2 is 1.97 bits per heavy atom. The SMILES string of the molecule is Bc1cc(Cl)ccc1C(F)(F)C(=O)NCc1ccc2c(c1)CN(C1CCC(=O)NC1=O)C2=O. The van der Waals surface area contributed by atoms with Crippen LogP contribution < -0.4 is 16.1 Å². The maximum absolute atomic E-state index is 14.7. The van der Waals surface area contributed by atoms with Crippen molar-refractivity contribution < 1.29 is 28.0 Å². The van der Waals surface area contributed by atoms with E-state index < -0.39 is 29.3 Å². The van der Waals surface area contributed by atoms with Crippen molar-refractivity contribution in [3.8, 4) is 0 Å². The van der Waals surface area contributed by atoms with Gasteiger partial charge in [-0.25, -0.2) is 0 Å². The van der Waals surface area contributed by atoms with E-state index in [2.05, 4.69) is 10.6 Å². The van der Waals surface area contributed by atoms with Crippen LogP contribution in [-0.4, -0.2) is 42.4 Å². The van der Waals surface area contributed by atoms with E-state index in [1.807, 2.05) is 0 Å². The standard InChI is InChI=1S/C22H19BClF2N3O4/c23-16-8-13(24)2-4-15(16)22(25,26)21(33)27-9-11-1-3-14-12(7-11)10-29(20(14)32)17-5-6-18(30)28-19(17)31/h1-4,7-8,17H,5-6,9-10,23H2,(H,27,33)(H,28,30,31). The van der Waals surface area contributed by atoms with Crippen molar-refractivity contribution in [2.45, 2.75) is 37.9 Å². The lowest BCUT2D eigenvalue weighted by atomic mass is 9.87. The van der Waals surface area contributed by atoms with E-state index in [0.29, 0.717) is 21.7 Å². The van der Waals surface area contributed by atoms with Crippen molar-refractivity contribution in [3.63, 3.8) is 0 Å². The molecule has 2 heterocycles. The molecule has 1 saturated heterocycles. The lowest BCUT2D eigenvalue weighted by Crippen LogP contribution is -2.52. The fourth-order valence-corrected chi connectivity index (χ4v) is 4.36. The number of fused-ring (bicyclic) bond motifs is 1. The van der Waals surface area contributed by atoms with Crippen LogP contribution in [0.5, 0.6) is 0 Å². The molecule has 0 radical (unpaired) electrons. The number of rotatable bonds is 5. The molecule has 1 fully saturated rings. The molecule has 0 spiro atoms. The van der Waals surface area contributed by atoms with Gasteiger partial charge in [0, 0.05) is 35.7 Å². The zero-order chi connectivity index (χ0) is 23.9. The van der Waals surface area contributed by atoms with Crippen LogP contribution in [0, 0.1) is 0 Å². The second-order valence-electron chi connectivity index (χ2n) is 8.11. The number of hydrogen-bond donors (Lipinski definition) is 2. The predicted molar refractivity (Wildman–Crippen MR) is 118 cm³/mol. The number of piperidine rings is 1. The van der Waals surface area contributed by atoms with Gasteiger partial charge in [0.05, 0.1) is 0 Å². The maximum atomic E-state index is 14.7. The Kier molecular flexibility index (Phi) is 5.96. The number of nitrogens with one attached hydrogen (secondary N) is 2. The minimum Gasteiger partial charge on any atom is -0.346 e. The van der Waals surface area contributed by atoms with Crippen LogP contribution in [0.2, 0.25) is 5.02 Å². The van der Waals surface area contributed by atoms with Crippen LogP contribution >= 0.6 is 11.6 Å². The van der Waals surface area contributed by atoms with Crippen molar-refractivity contribution in [2.24, 2.45) is 0 Å². The second-order valence-corrected chi connectivity index (χ2v) is 8.54. The number of hydrogen-bond acceptors (Lipinski definition) is 4. The molecule has 11 heteroatoms. The number of imide groups is 1. The van der Waals surface area contributed by atoms with Gasteiger partial charge in [0.15, 0.2) is 0 Å². The van der Waals surface area contributed by atoms with Gasteiger partial charge in [0.2, 0.25) is 11.8 Å². The third-order valence-electron chi connectivity index (χ3n) is 5.85. The molecule has 1 unspecified atom stereocenters. The third-order valence-corrected chi connectivity index (χ3v) is 6.09. The van der Waals surface area contributed by atoms with Crippen LogP contribution in [-0.2, 0) is 33.4 Å². The summed E-state index contributed by atoms with van der Waals surface area (Å²) in [6.07, 6.45) is 0.391. The molecule has 4 rings (SSSR count). The summed E-state index contributed by atoms with van der Waals surface area (Å²) < 4.78 is 29.3. The summed E-state index contributed by atoms with van der Waals surface area (Å²) >= 11 is 5.81. The fraction of sp³-hybridized carbons (Fsp3) is 0.273. The zero-order valence-electron chi connectivity index (χ0n) is 17.6. The fourth-order valence-electron chi connectivity index (χ4n) is 4.13. The van der Waals surface area contributed by atoms with Crippen LogP contribution in [0.3, 0.4) is 0 Å². The highest BCUT2D eigenvalue weighted by Crippen LogP contribution is 2.30. The van der Waals surface area contributed by atoms with E-state index in [1.54, 1.807) is 18.2 Å². The van der Waals surface area contributed by atoms with Crippen molar-refractivity contribution in [2.75, 3.05) is 0 Å². The van der Waals surface area contributed by atoms with Crippen LogP contribution in [0.25, 0.3) is 0 Å². The smallest absolute Gasteiger partial charge is 0.346 e. The summed E-state index contributed by atoms with van der Waals surface area (Å²) in [4.78, 5) is 49.9. The first-order valence-electron chi connectivity index (χ1n) is 10.3. The van der Waals surface area contributed by atoms with Gasteiger partial charge in [-0.15, -0.1) is 0 Å². The number of benzene rings is 2. The zero-order valence-corrected chi connectivity index (χ0v) is 18.3. The number of carbonyl (C=O) groups is 4. The summed E-state index contributed by atoms with van der Waals surface area (Å²) in [5, 5.41) is 4.78. The molecule has 170 valence electrons. The van der Waals surface area contributed by atoms with Gasteiger partial charge < -0.3 is 10.2 Å². The summed E-state index contributed by atoms with van der Waals surface area (Å²) in [6, 6.07) is 7.81. The van der Waals surface area contributed by atoms with Gasteiger partial charge >= 0.3 is 5.92 Å². The Morgan fingerprint density at radius 3 is 2.67 bits per heavy atom. The Labute approximate surface area is 193 Å². The number of carbonyl (C=O) groups excluding carboxylic acids is 4. The first kappa shape index (κ1) is 22.9. The molecule has 2 aliphatic rings. The largest absolute Gasteiger partial charge is 0.349 e. The summed E-state index contributed by atoms with van der Waals surface area (Å²) in [6.45, 7) is -0.0106. The number of halogens is 3. The highest BCUT2D eigenvalue weighted by molar-refractivity contribution is 6.37. The Bertz CT molecular complexity index is 1190. The number of alkyl halides is 2. The molecule has 2 aliphatic heterocycles. The number of nitrogens with zero attached hydrogens (tertiary/aromatic N) is 1. The molecule has 0 aliphatic carbocycles. The summed E-state index contributed by atoms with van der Waals surface area (Å²) in [5.41, 5.74) is 1.33. The van der Waals surface area contributed by atoms with Gasteiger partial charge in [-0.2, -0.15) is 8.78 Å². The minimum absolute atomic E-state index is 0.148. The molecule has 2 aromatic rings. The first-order chi connectivity index (χ1) is 15.6. The summed E-state index contributed by atoms with van der Waals surface area (Å²) in [7, 11) is 1.45. The Balaban J connectivity index is 1.44. The highest BCUT2D eigenvalue weighted by atomic mass is 35.5. The molecule has 33 heavy (non-hydrogen) atoms. The second kappa shape index (κ2) is 8.59. The molecule has 7 nitrogen and oxygen atoms in total. The molecule has 2 aromatic carbocycles. The van der Waals surface area contributed by atoms with Crippen molar-refractivity contribution in [1.29, 1.82) is 0 Å². The van der Waals surface area contributed by atoms with Gasteiger partial charge in [-0.05, 0) is 35.7 Å². The monoisotopic (exact) mass is 473 g/mol. The van der Waals surface area contributed by atoms with E-state index in [1.165, 1.54) is 24.9 Å². The Hall–Kier alpha value is -3.27. The molecule has 4 amide bonds. The van der Waals surface area contributed by atoms with Crippen molar-refractivity contribution >= 4 is 48.5 Å². The lowest BCUT2D eigenvalue weighted by Gasteiger charge is -2.29. The normalized spacial score (nSPS) is 18.2. The Morgan fingerprint density at radius 1 is 1.21 bits per heavy atom. The van der Waals surface area contributed by atoms with E-state index in [0.717, 1.165) is 6.07 Å². The van der Waals surface area contributed by atoms with Gasteiger partial charge in [0.25, 0.3) is 11.8 Å². The maximum Gasteiger partial charge on any atom is 0.349 e. The van der Waals surface area contributed by atoms with Crippen molar-refractivity contribution in [1.82, 2.24) is 15.5 Å². The minimum atomic E-state index is -3.75. The van der Waals surface area contributed by atoms with E-state index in [4.69, 9.17) is 11.6 Å². The highest BCUT2D eigenvalue weighted by Gasteiger charge is 2.42. The average Bonchev–Trinajstić information content (AvgIpc) is 3.07. The summed E-state index contributed by atoms with van der Waals surface area (Å²) in [5.74, 6) is -6.41. The van der Waals surface area contributed by atoms with E-state index in [9.17, 15) is 28.0 Å². The molecular formula is C22H19BClF2N3O4.